The van der Waals surface area contributed by atoms with Crippen LogP contribution in [0.4, 0.5) is 0 Å². The summed E-state index contributed by atoms with van der Waals surface area (Å²) in [5, 5.41) is 9.29. The van der Waals surface area contributed by atoms with Crippen molar-refractivity contribution in [3.05, 3.63) is 0 Å². The van der Waals surface area contributed by atoms with Crippen LogP contribution in [0.3, 0.4) is 0 Å². The summed E-state index contributed by atoms with van der Waals surface area (Å²) in [6.45, 7) is 3.21. The molecule has 116 valence electrons. The van der Waals surface area contributed by atoms with E-state index in [0.717, 1.165) is 5.92 Å². The summed E-state index contributed by atoms with van der Waals surface area (Å²) in [5.41, 5.74) is 0. The highest BCUT2D eigenvalue weighted by atomic mass is 16.5. The highest BCUT2D eigenvalue weighted by Gasteiger charge is 2.39. The van der Waals surface area contributed by atoms with Gasteiger partial charge in [0.25, 0.3) is 0 Å². The first-order chi connectivity index (χ1) is 9.63. The summed E-state index contributed by atoms with van der Waals surface area (Å²) in [6.07, 6.45) is 8.98. The minimum absolute atomic E-state index is 0.0558. The topological polar surface area (TPSA) is 49.8 Å². The molecule has 4 nitrogen and oxygen atoms in total. The van der Waals surface area contributed by atoms with Crippen molar-refractivity contribution in [1.82, 2.24) is 4.90 Å². The fourth-order valence-corrected chi connectivity index (χ4v) is 3.91. The van der Waals surface area contributed by atoms with Gasteiger partial charge in [0.15, 0.2) is 0 Å². The van der Waals surface area contributed by atoms with Crippen LogP contribution in [0.2, 0.25) is 0 Å². The van der Waals surface area contributed by atoms with E-state index in [1.165, 1.54) is 44.9 Å². The second kappa shape index (κ2) is 7.41. The second-order valence-electron chi connectivity index (χ2n) is 6.53. The molecule has 0 aromatic heterocycles. The van der Waals surface area contributed by atoms with E-state index in [9.17, 15) is 9.90 Å². The number of ether oxygens (including phenoxy) is 1. The molecular formula is C16H29NO3. The maximum atomic E-state index is 11.3. The first-order valence-electron chi connectivity index (χ1n) is 8.16. The number of likely N-dealkylation sites (N-methyl/N-ethyl adjacent to an activating group) is 1. The van der Waals surface area contributed by atoms with Gasteiger partial charge in [-0.3, -0.25) is 9.69 Å². The Bertz CT molecular complexity index is 321. The largest absolute Gasteiger partial charge is 0.481 e. The minimum Gasteiger partial charge on any atom is -0.481 e. The predicted molar refractivity (Wildman–Crippen MR) is 78.8 cm³/mol. The summed E-state index contributed by atoms with van der Waals surface area (Å²) in [4.78, 5) is 13.6. The Morgan fingerprint density at radius 3 is 2.75 bits per heavy atom. The van der Waals surface area contributed by atoms with Crippen LogP contribution in [0.1, 0.15) is 51.9 Å². The molecule has 0 amide bonds. The number of aliphatic carboxylic acids is 1. The van der Waals surface area contributed by atoms with Gasteiger partial charge in [0.2, 0.25) is 0 Å². The normalized spacial score (nSPS) is 35.1. The summed E-state index contributed by atoms with van der Waals surface area (Å²) < 4.78 is 5.41. The van der Waals surface area contributed by atoms with Crippen LogP contribution in [0.25, 0.3) is 0 Å². The van der Waals surface area contributed by atoms with E-state index in [1.807, 2.05) is 0 Å². The van der Waals surface area contributed by atoms with Gasteiger partial charge in [0.05, 0.1) is 19.1 Å². The van der Waals surface area contributed by atoms with Crippen LogP contribution >= 0.6 is 0 Å². The Morgan fingerprint density at radius 2 is 2.05 bits per heavy atom. The smallest absolute Gasteiger partial charge is 0.310 e. The van der Waals surface area contributed by atoms with Crippen LogP contribution in [-0.2, 0) is 9.53 Å². The molecule has 1 saturated carbocycles. The van der Waals surface area contributed by atoms with E-state index < -0.39 is 5.97 Å². The number of rotatable bonds is 5. The molecule has 2 fully saturated rings. The van der Waals surface area contributed by atoms with Gasteiger partial charge in [-0.1, -0.05) is 32.6 Å². The summed E-state index contributed by atoms with van der Waals surface area (Å²) in [5.74, 6) is -0.181. The molecule has 20 heavy (non-hydrogen) atoms. The lowest BCUT2D eigenvalue weighted by Crippen LogP contribution is -2.46. The summed E-state index contributed by atoms with van der Waals surface area (Å²) in [6, 6.07) is 0.589. The lowest BCUT2D eigenvalue weighted by molar-refractivity contribution is -0.143. The van der Waals surface area contributed by atoms with Crippen molar-refractivity contribution in [2.24, 2.45) is 11.8 Å². The zero-order valence-electron chi connectivity index (χ0n) is 12.9. The fraction of sp³-hybridized carbons (Fsp3) is 0.938. The molecule has 1 heterocycles. The Balaban J connectivity index is 1.91. The highest BCUT2D eigenvalue weighted by Crippen LogP contribution is 2.31. The number of hydrogen-bond acceptors (Lipinski definition) is 3. The molecule has 0 aromatic rings. The van der Waals surface area contributed by atoms with Gasteiger partial charge in [-0.2, -0.15) is 0 Å². The number of carboxylic acids is 1. The molecule has 1 saturated heterocycles. The molecule has 1 N–H and O–H groups in total. The third-order valence-corrected chi connectivity index (χ3v) is 5.22. The molecule has 0 spiro atoms. The van der Waals surface area contributed by atoms with Gasteiger partial charge in [-0.25, -0.2) is 0 Å². The fourth-order valence-electron chi connectivity index (χ4n) is 3.91. The predicted octanol–water partition coefficient (Wildman–Crippen LogP) is 2.77. The van der Waals surface area contributed by atoms with Crippen molar-refractivity contribution >= 4 is 5.97 Å². The highest BCUT2D eigenvalue weighted by molar-refractivity contribution is 5.71. The van der Waals surface area contributed by atoms with Crippen LogP contribution in [0, 0.1) is 11.8 Å². The molecule has 0 radical (unpaired) electrons. The van der Waals surface area contributed by atoms with Gasteiger partial charge in [-0.05, 0) is 32.2 Å². The van der Waals surface area contributed by atoms with Gasteiger partial charge < -0.3 is 9.84 Å². The first-order valence-corrected chi connectivity index (χ1v) is 8.16. The Kier molecular flexibility index (Phi) is 5.85. The standard InChI is InChI=1S/C16H29NO3/c1-3-5-12-6-4-7-13(9-8-12)17(2)15-11-20-10-14(15)16(18)19/h12-15H,3-11H2,1-2H3,(H,18,19). The van der Waals surface area contributed by atoms with E-state index in [1.54, 1.807) is 0 Å². The van der Waals surface area contributed by atoms with Crippen LogP contribution < -0.4 is 0 Å². The van der Waals surface area contributed by atoms with Crippen molar-refractivity contribution in [1.29, 1.82) is 0 Å². The van der Waals surface area contributed by atoms with Crippen molar-refractivity contribution < 1.29 is 14.6 Å². The number of nitrogens with zero attached hydrogens (tertiary/aromatic N) is 1. The molecule has 4 heteroatoms. The van der Waals surface area contributed by atoms with Gasteiger partial charge in [0.1, 0.15) is 0 Å². The van der Waals surface area contributed by atoms with E-state index in [0.29, 0.717) is 19.3 Å². The molecule has 2 rings (SSSR count). The number of carboxylic acid groups (broad SMARTS) is 1. The van der Waals surface area contributed by atoms with Crippen molar-refractivity contribution in [3.63, 3.8) is 0 Å². The molecular weight excluding hydrogens is 254 g/mol. The third kappa shape index (κ3) is 3.73. The maximum Gasteiger partial charge on any atom is 0.310 e. The molecule has 2 aliphatic rings. The zero-order valence-corrected chi connectivity index (χ0v) is 12.9. The Labute approximate surface area is 122 Å². The second-order valence-corrected chi connectivity index (χ2v) is 6.53. The average molecular weight is 283 g/mol. The van der Waals surface area contributed by atoms with E-state index in [2.05, 4.69) is 18.9 Å². The van der Waals surface area contributed by atoms with Crippen LogP contribution in [0.15, 0.2) is 0 Å². The Hall–Kier alpha value is -0.610. The third-order valence-electron chi connectivity index (χ3n) is 5.22. The molecule has 0 bridgehead atoms. The lowest BCUT2D eigenvalue weighted by Gasteiger charge is -2.33. The number of hydrogen-bond donors (Lipinski definition) is 1. The number of carbonyl (C=O) groups is 1. The molecule has 4 unspecified atom stereocenters. The van der Waals surface area contributed by atoms with Crippen molar-refractivity contribution in [2.45, 2.75) is 64.0 Å². The van der Waals surface area contributed by atoms with Gasteiger partial charge in [-0.15, -0.1) is 0 Å². The lowest BCUT2D eigenvalue weighted by atomic mass is 9.95. The van der Waals surface area contributed by atoms with Crippen LogP contribution in [-0.4, -0.2) is 48.3 Å². The molecule has 0 aromatic carbocycles. The maximum absolute atomic E-state index is 11.3. The zero-order chi connectivity index (χ0) is 14.5. The first kappa shape index (κ1) is 15.8. The van der Waals surface area contributed by atoms with Crippen molar-refractivity contribution in [3.8, 4) is 0 Å². The van der Waals surface area contributed by atoms with Crippen molar-refractivity contribution in [2.75, 3.05) is 20.3 Å². The average Bonchev–Trinajstić information content (AvgIpc) is 2.80. The van der Waals surface area contributed by atoms with E-state index in [4.69, 9.17) is 4.74 Å². The summed E-state index contributed by atoms with van der Waals surface area (Å²) >= 11 is 0. The molecule has 1 aliphatic carbocycles. The van der Waals surface area contributed by atoms with Crippen LogP contribution in [0.5, 0.6) is 0 Å². The SMILES string of the molecule is CCCC1CCCC(N(C)C2COCC2C(=O)O)CC1. The van der Waals surface area contributed by atoms with Gasteiger partial charge >= 0.3 is 5.97 Å². The summed E-state index contributed by atoms with van der Waals surface area (Å²) in [7, 11) is 2.10. The monoisotopic (exact) mass is 283 g/mol. The quantitative estimate of drug-likeness (QED) is 0.788. The Morgan fingerprint density at radius 1 is 1.25 bits per heavy atom. The van der Waals surface area contributed by atoms with Gasteiger partial charge in [0, 0.05) is 12.1 Å². The van der Waals surface area contributed by atoms with E-state index in [-0.39, 0.29) is 12.0 Å². The molecule has 1 aliphatic heterocycles. The van der Waals surface area contributed by atoms with E-state index >= 15 is 0 Å². The molecule has 4 atom stereocenters. The minimum atomic E-state index is -0.711.